The van der Waals surface area contributed by atoms with Crippen LogP contribution in [0.15, 0.2) is 42.6 Å². The van der Waals surface area contributed by atoms with E-state index in [1.54, 1.807) is 19.4 Å². The van der Waals surface area contributed by atoms with Crippen molar-refractivity contribution in [2.24, 2.45) is 0 Å². The van der Waals surface area contributed by atoms with E-state index in [9.17, 15) is 4.79 Å². The molecule has 0 fully saturated rings. The van der Waals surface area contributed by atoms with Crippen LogP contribution in [0.4, 0.5) is 5.82 Å². The number of pyridine rings is 1. The van der Waals surface area contributed by atoms with Gasteiger partial charge >= 0.3 is 0 Å². The van der Waals surface area contributed by atoms with Crippen LogP contribution < -0.4 is 10.1 Å². The van der Waals surface area contributed by atoms with Crippen LogP contribution in [0.5, 0.6) is 5.75 Å². The number of aromatic nitrogens is 3. The number of fused-ring (bicyclic) bond motifs is 1. The first-order valence-corrected chi connectivity index (χ1v) is 6.48. The third-order valence-corrected chi connectivity index (χ3v) is 3.12. The summed E-state index contributed by atoms with van der Waals surface area (Å²) in [6, 6.07) is 11.1. The fraction of sp³-hybridized carbons (Fsp3) is 0.133. The Morgan fingerprint density at radius 3 is 2.86 bits per heavy atom. The van der Waals surface area contributed by atoms with E-state index in [-0.39, 0.29) is 12.3 Å². The predicted molar refractivity (Wildman–Crippen MR) is 79.2 cm³/mol. The summed E-state index contributed by atoms with van der Waals surface area (Å²) >= 11 is 0. The first kappa shape index (κ1) is 13.1. The zero-order chi connectivity index (χ0) is 14.7. The summed E-state index contributed by atoms with van der Waals surface area (Å²) in [7, 11) is 1.61. The van der Waals surface area contributed by atoms with Crippen LogP contribution >= 0.6 is 0 Å². The van der Waals surface area contributed by atoms with E-state index >= 15 is 0 Å². The number of amides is 1. The molecule has 21 heavy (non-hydrogen) atoms. The molecule has 0 radical (unpaired) electrons. The van der Waals surface area contributed by atoms with Gasteiger partial charge in [-0.1, -0.05) is 12.1 Å². The van der Waals surface area contributed by atoms with Gasteiger partial charge in [0, 0.05) is 6.20 Å². The molecule has 0 atom stereocenters. The average molecular weight is 282 g/mol. The lowest BCUT2D eigenvalue weighted by Crippen LogP contribution is -2.14. The number of nitrogens with one attached hydrogen (secondary N) is 2. The van der Waals surface area contributed by atoms with Crippen molar-refractivity contribution in [2.45, 2.75) is 6.42 Å². The summed E-state index contributed by atoms with van der Waals surface area (Å²) in [6.07, 6.45) is 1.94. The molecule has 0 saturated heterocycles. The summed E-state index contributed by atoms with van der Waals surface area (Å²) in [5.74, 6) is 1.22. The van der Waals surface area contributed by atoms with Crippen LogP contribution in [-0.2, 0) is 11.2 Å². The number of ether oxygens (including phenoxy) is 1. The molecular formula is C15H14N4O2. The van der Waals surface area contributed by atoms with Crippen LogP contribution in [0, 0.1) is 0 Å². The van der Waals surface area contributed by atoms with Crippen molar-refractivity contribution in [1.29, 1.82) is 0 Å². The van der Waals surface area contributed by atoms with Gasteiger partial charge in [0.05, 0.1) is 18.9 Å². The highest BCUT2D eigenvalue weighted by Gasteiger charge is 2.09. The van der Waals surface area contributed by atoms with Gasteiger partial charge < -0.3 is 10.1 Å². The lowest BCUT2D eigenvalue weighted by Gasteiger charge is -2.04. The van der Waals surface area contributed by atoms with E-state index < -0.39 is 0 Å². The van der Waals surface area contributed by atoms with Crippen LogP contribution in [0.2, 0.25) is 0 Å². The molecule has 1 aromatic carbocycles. The topological polar surface area (TPSA) is 79.9 Å². The minimum atomic E-state index is -0.116. The van der Waals surface area contributed by atoms with Gasteiger partial charge in [0.15, 0.2) is 5.65 Å². The molecule has 6 nitrogen and oxygen atoms in total. The highest BCUT2D eigenvalue weighted by molar-refractivity contribution is 5.99. The molecule has 2 N–H and O–H groups in total. The Bertz CT molecular complexity index is 765. The van der Waals surface area contributed by atoms with Gasteiger partial charge in [-0.25, -0.2) is 4.98 Å². The quantitative estimate of drug-likeness (QED) is 0.768. The van der Waals surface area contributed by atoms with E-state index in [0.717, 1.165) is 16.7 Å². The minimum Gasteiger partial charge on any atom is -0.497 e. The standard InChI is InChI=1S/C15H14N4O2/c1-21-11-6-4-10(5-7-11)9-13(20)17-15-12-3-2-8-16-14(12)18-19-15/h2-8H,9H2,1H3,(H2,16,17,18,19,20). The van der Waals surface area contributed by atoms with Crippen molar-refractivity contribution in [3.63, 3.8) is 0 Å². The van der Waals surface area contributed by atoms with E-state index in [4.69, 9.17) is 4.74 Å². The number of anilines is 1. The van der Waals surface area contributed by atoms with Crippen LogP contribution in [0.1, 0.15) is 5.56 Å². The number of aromatic amines is 1. The van der Waals surface area contributed by atoms with Crippen LogP contribution in [0.25, 0.3) is 11.0 Å². The Hall–Kier alpha value is -2.89. The summed E-state index contributed by atoms with van der Waals surface area (Å²) < 4.78 is 5.09. The summed E-state index contributed by atoms with van der Waals surface area (Å²) in [5.41, 5.74) is 1.49. The number of H-pyrrole nitrogens is 1. The third kappa shape index (κ3) is 2.84. The normalized spacial score (nSPS) is 10.5. The Balaban J connectivity index is 1.71. The molecule has 0 unspecified atom stereocenters. The smallest absolute Gasteiger partial charge is 0.229 e. The van der Waals surface area contributed by atoms with Gasteiger partial charge in [-0.3, -0.25) is 9.89 Å². The lowest BCUT2D eigenvalue weighted by atomic mass is 10.1. The number of rotatable bonds is 4. The third-order valence-electron chi connectivity index (χ3n) is 3.12. The van der Waals surface area contributed by atoms with Gasteiger partial charge in [0.2, 0.25) is 5.91 Å². The molecule has 1 amide bonds. The number of carbonyl (C=O) groups is 1. The highest BCUT2D eigenvalue weighted by Crippen LogP contribution is 2.18. The number of methoxy groups -OCH3 is 1. The molecule has 2 heterocycles. The predicted octanol–water partition coefficient (Wildman–Crippen LogP) is 2.15. The summed E-state index contributed by atoms with van der Waals surface area (Å²) in [5, 5.41) is 10.4. The van der Waals surface area contributed by atoms with Crippen molar-refractivity contribution in [1.82, 2.24) is 15.2 Å². The minimum absolute atomic E-state index is 0.116. The molecular weight excluding hydrogens is 268 g/mol. The lowest BCUT2D eigenvalue weighted by molar-refractivity contribution is -0.115. The second-order valence-electron chi connectivity index (χ2n) is 4.55. The number of hydrogen-bond acceptors (Lipinski definition) is 4. The van der Waals surface area contributed by atoms with Crippen molar-refractivity contribution >= 4 is 22.8 Å². The maximum Gasteiger partial charge on any atom is 0.229 e. The molecule has 0 bridgehead atoms. The maximum atomic E-state index is 12.1. The maximum absolute atomic E-state index is 12.1. The molecule has 3 rings (SSSR count). The molecule has 0 saturated carbocycles. The molecule has 0 aliphatic carbocycles. The fourth-order valence-electron chi connectivity index (χ4n) is 2.06. The fourth-order valence-corrected chi connectivity index (χ4v) is 2.06. The van der Waals surface area contributed by atoms with Gasteiger partial charge in [-0.15, -0.1) is 0 Å². The number of carbonyl (C=O) groups excluding carboxylic acids is 1. The second-order valence-corrected chi connectivity index (χ2v) is 4.55. The number of hydrogen-bond donors (Lipinski definition) is 2. The van der Waals surface area contributed by atoms with Crippen LogP contribution in [-0.4, -0.2) is 28.2 Å². The monoisotopic (exact) mass is 282 g/mol. The molecule has 0 aliphatic rings. The second kappa shape index (κ2) is 5.62. The zero-order valence-corrected chi connectivity index (χ0v) is 11.5. The Kier molecular flexibility index (Phi) is 3.51. The van der Waals surface area contributed by atoms with Gasteiger partial charge in [-0.2, -0.15) is 5.10 Å². The largest absolute Gasteiger partial charge is 0.497 e. The van der Waals surface area contributed by atoms with E-state index in [1.807, 2.05) is 30.3 Å². The molecule has 106 valence electrons. The first-order valence-electron chi connectivity index (χ1n) is 6.48. The number of benzene rings is 1. The summed E-state index contributed by atoms with van der Waals surface area (Å²) in [4.78, 5) is 16.2. The van der Waals surface area contributed by atoms with E-state index in [1.165, 1.54) is 0 Å². The molecule has 6 heteroatoms. The van der Waals surface area contributed by atoms with E-state index in [0.29, 0.717) is 11.5 Å². The molecule has 3 aromatic rings. The highest BCUT2D eigenvalue weighted by atomic mass is 16.5. The molecule has 2 aromatic heterocycles. The van der Waals surface area contributed by atoms with Crippen molar-refractivity contribution in [3.8, 4) is 5.75 Å². The van der Waals surface area contributed by atoms with Crippen molar-refractivity contribution in [3.05, 3.63) is 48.2 Å². The number of nitrogens with zero attached hydrogens (tertiary/aromatic N) is 2. The molecule has 0 spiro atoms. The van der Waals surface area contributed by atoms with Crippen molar-refractivity contribution < 1.29 is 9.53 Å². The van der Waals surface area contributed by atoms with E-state index in [2.05, 4.69) is 20.5 Å². The molecule has 0 aliphatic heterocycles. The van der Waals surface area contributed by atoms with Gasteiger partial charge in [-0.05, 0) is 29.8 Å². The Morgan fingerprint density at radius 1 is 1.29 bits per heavy atom. The SMILES string of the molecule is COc1ccc(CC(=O)Nc2[nH]nc3ncccc23)cc1. The Morgan fingerprint density at radius 2 is 2.10 bits per heavy atom. The Labute approximate surface area is 121 Å². The van der Waals surface area contributed by atoms with Crippen LogP contribution in [0.3, 0.4) is 0 Å². The van der Waals surface area contributed by atoms with Crippen molar-refractivity contribution in [2.75, 3.05) is 12.4 Å². The zero-order valence-electron chi connectivity index (χ0n) is 11.5. The van der Waals surface area contributed by atoms with Gasteiger partial charge in [0.25, 0.3) is 0 Å². The average Bonchev–Trinajstić information content (AvgIpc) is 2.91. The van der Waals surface area contributed by atoms with Gasteiger partial charge in [0.1, 0.15) is 11.6 Å². The first-order chi connectivity index (χ1) is 10.3. The summed E-state index contributed by atoms with van der Waals surface area (Å²) in [6.45, 7) is 0.